The maximum absolute atomic E-state index is 12.0. The summed E-state index contributed by atoms with van der Waals surface area (Å²) in [5.74, 6) is 0. The summed E-state index contributed by atoms with van der Waals surface area (Å²) >= 11 is 0. The van der Waals surface area contributed by atoms with E-state index >= 15 is 0 Å². The molecule has 0 spiro atoms. The van der Waals surface area contributed by atoms with E-state index in [1.54, 1.807) is 0 Å². The Kier molecular flexibility index (Phi) is 4.76. The van der Waals surface area contributed by atoms with Gasteiger partial charge in [0.1, 0.15) is 0 Å². The number of hydrogen-bond acceptors (Lipinski definition) is 5. The van der Waals surface area contributed by atoms with Gasteiger partial charge < -0.3 is 4.74 Å². The van der Waals surface area contributed by atoms with Crippen molar-refractivity contribution in [3.05, 3.63) is 34.4 Å². The molecule has 100 valence electrons. The predicted octanol–water partition coefficient (Wildman–Crippen LogP) is 0.862. The van der Waals surface area contributed by atoms with Crippen LogP contribution in [0.2, 0.25) is 0 Å². The largest absolute Gasteiger partial charge is 0.383 e. The summed E-state index contributed by atoms with van der Waals surface area (Å²) in [7, 11) is -0.718. The van der Waals surface area contributed by atoms with Crippen LogP contribution in [0.3, 0.4) is 0 Å². The summed E-state index contributed by atoms with van der Waals surface area (Å²) in [6, 6.07) is 4.77. The Bertz CT molecular complexity index is 512. The Morgan fingerprint density at radius 1 is 1.33 bits per heavy atom. The number of rotatable bonds is 6. The third-order valence-electron chi connectivity index (χ3n) is 2.37. The second-order valence-corrected chi connectivity index (χ2v) is 5.62. The topological polar surface area (TPSA) is 89.8 Å². The van der Waals surface area contributed by atoms with Crippen LogP contribution in [-0.2, 0) is 14.8 Å². The van der Waals surface area contributed by atoms with Crippen molar-refractivity contribution in [3.8, 4) is 0 Å². The van der Waals surface area contributed by atoms with Crippen molar-refractivity contribution in [3.63, 3.8) is 0 Å². The number of nitrogens with zero attached hydrogens (tertiary/aromatic N) is 2. The fraction of sp³-hybridized carbons (Fsp3) is 0.400. The first-order valence-corrected chi connectivity index (χ1v) is 6.53. The highest BCUT2D eigenvalue weighted by Gasteiger charge is 2.21. The smallest absolute Gasteiger partial charge is 0.269 e. The average molecular weight is 274 g/mol. The molecule has 1 aromatic rings. The minimum absolute atomic E-state index is 0.0201. The van der Waals surface area contributed by atoms with Crippen LogP contribution in [0.1, 0.15) is 0 Å². The molecule has 0 fully saturated rings. The van der Waals surface area contributed by atoms with Gasteiger partial charge in [0.15, 0.2) is 0 Å². The maximum atomic E-state index is 12.0. The van der Waals surface area contributed by atoms with Crippen LogP contribution in [0, 0.1) is 10.1 Å². The molecule has 0 saturated heterocycles. The van der Waals surface area contributed by atoms with Crippen LogP contribution < -0.4 is 0 Å². The van der Waals surface area contributed by atoms with Gasteiger partial charge in [0.25, 0.3) is 5.69 Å². The summed E-state index contributed by atoms with van der Waals surface area (Å²) in [5, 5.41) is 10.5. The second kappa shape index (κ2) is 5.89. The van der Waals surface area contributed by atoms with Crippen LogP contribution in [0.15, 0.2) is 29.2 Å². The lowest BCUT2D eigenvalue weighted by Gasteiger charge is -2.16. The first kappa shape index (κ1) is 14.6. The van der Waals surface area contributed by atoms with Gasteiger partial charge in [-0.05, 0) is 12.1 Å². The number of methoxy groups -OCH3 is 1. The molecule has 18 heavy (non-hydrogen) atoms. The molecule has 0 aliphatic carbocycles. The molecule has 0 aliphatic rings. The first-order chi connectivity index (χ1) is 8.39. The Labute approximate surface area is 105 Å². The molecule has 0 heterocycles. The van der Waals surface area contributed by atoms with E-state index in [9.17, 15) is 18.5 Å². The van der Waals surface area contributed by atoms with E-state index in [0.29, 0.717) is 0 Å². The van der Waals surface area contributed by atoms with Crippen molar-refractivity contribution >= 4 is 15.7 Å². The molecule has 0 unspecified atom stereocenters. The second-order valence-electron chi connectivity index (χ2n) is 3.57. The van der Waals surface area contributed by atoms with Gasteiger partial charge in [0, 0.05) is 32.8 Å². The third kappa shape index (κ3) is 3.25. The van der Waals surface area contributed by atoms with Gasteiger partial charge in [-0.2, -0.15) is 4.31 Å². The molecule has 1 rings (SSSR count). The zero-order chi connectivity index (χ0) is 13.8. The van der Waals surface area contributed by atoms with Crippen LogP contribution in [0.5, 0.6) is 0 Å². The third-order valence-corrected chi connectivity index (χ3v) is 4.24. The first-order valence-electron chi connectivity index (χ1n) is 5.09. The highest BCUT2D eigenvalue weighted by molar-refractivity contribution is 7.89. The molecule has 8 heteroatoms. The SMILES string of the molecule is COCCN(C)S(=O)(=O)c1ccc([N+](=O)[O-])cc1. The normalized spacial score (nSPS) is 11.7. The van der Waals surface area contributed by atoms with Gasteiger partial charge in [-0.3, -0.25) is 10.1 Å². The predicted molar refractivity (Wildman–Crippen MR) is 64.8 cm³/mol. The number of nitro benzene ring substituents is 1. The van der Waals surface area contributed by atoms with E-state index in [-0.39, 0.29) is 23.7 Å². The average Bonchev–Trinajstić information content (AvgIpc) is 2.35. The zero-order valence-electron chi connectivity index (χ0n) is 10.1. The molecular weight excluding hydrogens is 260 g/mol. The number of sulfonamides is 1. The van der Waals surface area contributed by atoms with E-state index in [0.717, 1.165) is 16.4 Å². The van der Waals surface area contributed by atoms with Crippen molar-refractivity contribution in [2.45, 2.75) is 4.90 Å². The Balaban J connectivity index is 2.94. The Morgan fingerprint density at radius 3 is 2.33 bits per heavy atom. The highest BCUT2D eigenvalue weighted by atomic mass is 32.2. The summed E-state index contributed by atoms with van der Waals surface area (Å²) in [6.45, 7) is 0.499. The summed E-state index contributed by atoms with van der Waals surface area (Å²) in [4.78, 5) is 9.91. The van der Waals surface area contributed by atoms with E-state index in [1.165, 1.54) is 26.3 Å². The van der Waals surface area contributed by atoms with E-state index in [1.807, 2.05) is 0 Å². The number of hydrogen-bond donors (Lipinski definition) is 0. The van der Waals surface area contributed by atoms with Crippen LogP contribution in [0.25, 0.3) is 0 Å². The molecule has 7 nitrogen and oxygen atoms in total. The lowest BCUT2D eigenvalue weighted by Crippen LogP contribution is -2.30. The summed E-state index contributed by atoms with van der Waals surface area (Å²) in [5.41, 5.74) is -0.145. The fourth-order valence-corrected chi connectivity index (χ4v) is 2.41. The zero-order valence-corrected chi connectivity index (χ0v) is 10.9. The summed E-state index contributed by atoms with van der Waals surface area (Å²) < 4.78 is 30.0. The fourth-order valence-electron chi connectivity index (χ4n) is 1.26. The molecule has 0 N–H and O–H groups in total. The molecule has 0 bridgehead atoms. The van der Waals surface area contributed by atoms with E-state index in [2.05, 4.69) is 0 Å². The van der Waals surface area contributed by atoms with Crippen molar-refractivity contribution in [1.82, 2.24) is 4.31 Å². The number of likely N-dealkylation sites (N-methyl/N-ethyl adjacent to an activating group) is 1. The molecule has 0 saturated carbocycles. The van der Waals surface area contributed by atoms with Gasteiger partial charge in [-0.15, -0.1) is 0 Å². The molecule has 0 radical (unpaired) electrons. The Hall–Kier alpha value is -1.51. The van der Waals surface area contributed by atoms with Crippen molar-refractivity contribution in [2.24, 2.45) is 0 Å². The van der Waals surface area contributed by atoms with Crippen LogP contribution in [0.4, 0.5) is 5.69 Å². The van der Waals surface area contributed by atoms with Crippen molar-refractivity contribution in [1.29, 1.82) is 0 Å². The highest BCUT2D eigenvalue weighted by Crippen LogP contribution is 2.18. The monoisotopic (exact) mass is 274 g/mol. The number of nitro groups is 1. The Morgan fingerprint density at radius 2 is 1.89 bits per heavy atom. The van der Waals surface area contributed by atoms with Crippen molar-refractivity contribution in [2.75, 3.05) is 27.3 Å². The van der Waals surface area contributed by atoms with Crippen LogP contribution in [-0.4, -0.2) is 45.0 Å². The maximum Gasteiger partial charge on any atom is 0.269 e. The van der Waals surface area contributed by atoms with Crippen molar-refractivity contribution < 1.29 is 18.1 Å². The van der Waals surface area contributed by atoms with Gasteiger partial charge in [0.05, 0.1) is 16.4 Å². The lowest BCUT2D eigenvalue weighted by atomic mass is 10.3. The molecule has 0 aromatic heterocycles. The number of ether oxygens (including phenoxy) is 1. The number of benzene rings is 1. The lowest BCUT2D eigenvalue weighted by molar-refractivity contribution is -0.384. The molecule has 1 aromatic carbocycles. The molecule has 0 atom stereocenters. The quantitative estimate of drug-likeness (QED) is 0.567. The van der Waals surface area contributed by atoms with Gasteiger partial charge in [-0.1, -0.05) is 0 Å². The van der Waals surface area contributed by atoms with E-state index < -0.39 is 14.9 Å². The summed E-state index contributed by atoms with van der Waals surface area (Å²) in [6.07, 6.45) is 0. The minimum Gasteiger partial charge on any atom is -0.383 e. The van der Waals surface area contributed by atoms with Gasteiger partial charge in [0.2, 0.25) is 10.0 Å². The molecule has 0 amide bonds. The van der Waals surface area contributed by atoms with Gasteiger partial charge in [-0.25, -0.2) is 8.42 Å². The van der Waals surface area contributed by atoms with E-state index in [4.69, 9.17) is 4.74 Å². The minimum atomic E-state index is -3.62. The molecular formula is C10H14N2O5S. The van der Waals surface area contributed by atoms with Crippen LogP contribution >= 0.6 is 0 Å². The van der Waals surface area contributed by atoms with Gasteiger partial charge >= 0.3 is 0 Å². The standard InChI is InChI=1S/C10H14N2O5S/c1-11(7-8-17-2)18(15,16)10-5-3-9(4-6-10)12(13)14/h3-6H,7-8H2,1-2H3. The number of non-ortho nitro benzene ring substituents is 1. The molecule has 0 aliphatic heterocycles.